The SMILES string of the molecule is NC(=O)COc1ccc(C(=O)NCCc2ccc3c(c2)OCCO3)cc1. The van der Waals surface area contributed by atoms with Crippen LogP contribution in [0.2, 0.25) is 0 Å². The zero-order chi connectivity index (χ0) is 18.4. The molecule has 0 radical (unpaired) electrons. The molecule has 1 aliphatic heterocycles. The molecule has 0 unspecified atom stereocenters. The Balaban J connectivity index is 1.48. The van der Waals surface area contributed by atoms with E-state index in [0.717, 1.165) is 17.1 Å². The summed E-state index contributed by atoms with van der Waals surface area (Å²) in [5.74, 6) is 1.25. The topological polar surface area (TPSA) is 99.9 Å². The Kier molecular flexibility index (Phi) is 5.58. The van der Waals surface area contributed by atoms with E-state index in [4.69, 9.17) is 19.9 Å². The van der Waals surface area contributed by atoms with Crippen LogP contribution in [0.1, 0.15) is 15.9 Å². The molecule has 3 rings (SSSR count). The summed E-state index contributed by atoms with van der Waals surface area (Å²) >= 11 is 0. The minimum absolute atomic E-state index is 0.177. The molecule has 0 atom stereocenters. The van der Waals surface area contributed by atoms with E-state index in [1.54, 1.807) is 24.3 Å². The van der Waals surface area contributed by atoms with E-state index in [0.29, 0.717) is 37.5 Å². The summed E-state index contributed by atoms with van der Waals surface area (Å²) in [7, 11) is 0. The van der Waals surface area contributed by atoms with Crippen molar-refractivity contribution >= 4 is 11.8 Å². The van der Waals surface area contributed by atoms with Crippen LogP contribution in [0.4, 0.5) is 0 Å². The molecule has 0 aromatic heterocycles. The number of hydrogen-bond acceptors (Lipinski definition) is 5. The minimum Gasteiger partial charge on any atom is -0.486 e. The quantitative estimate of drug-likeness (QED) is 0.779. The van der Waals surface area contributed by atoms with Gasteiger partial charge in [-0.25, -0.2) is 0 Å². The average Bonchev–Trinajstić information content (AvgIpc) is 2.66. The highest BCUT2D eigenvalue weighted by molar-refractivity contribution is 5.94. The van der Waals surface area contributed by atoms with Gasteiger partial charge < -0.3 is 25.3 Å². The van der Waals surface area contributed by atoms with Crippen molar-refractivity contribution in [1.29, 1.82) is 0 Å². The van der Waals surface area contributed by atoms with Gasteiger partial charge in [-0.15, -0.1) is 0 Å². The third-order valence-electron chi connectivity index (χ3n) is 3.80. The lowest BCUT2D eigenvalue weighted by atomic mass is 10.1. The molecular weight excluding hydrogens is 336 g/mol. The molecule has 0 saturated heterocycles. The Morgan fingerprint density at radius 1 is 1.04 bits per heavy atom. The normalized spacial score (nSPS) is 12.3. The number of fused-ring (bicyclic) bond motifs is 1. The Morgan fingerprint density at radius 3 is 2.50 bits per heavy atom. The zero-order valence-corrected chi connectivity index (χ0v) is 14.2. The van der Waals surface area contributed by atoms with Gasteiger partial charge >= 0.3 is 0 Å². The van der Waals surface area contributed by atoms with Gasteiger partial charge in [-0.2, -0.15) is 0 Å². The average molecular weight is 356 g/mol. The number of benzene rings is 2. The summed E-state index contributed by atoms with van der Waals surface area (Å²) in [6, 6.07) is 12.3. The van der Waals surface area contributed by atoms with Gasteiger partial charge in [0.25, 0.3) is 11.8 Å². The van der Waals surface area contributed by atoms with E-state index < -0.39 is 5.91 Å². The van der Waals surface area contributed by atoms with Crippen molar-refractivity contribution in [2.75, 3.05) is 26.4 Å². The maximum atomic E-state index is 12.2. The fourth-order valence-electron chi connectivity index (χ4n) is 2.52. The number of ether oxygens (including phenoxy) is 3. The summed E-state index contributed by atoms with van der Waals surface area (Å²) in [6.07, 6.45) is 0.683. The molecule has 0 aliphatic carbocycles. The number of primary amides is 1. The lowest BCUT2D eigenvalue weighted by Gasteiger charge is -2.18. The minimum atomic E-state index is -0.550. The third kappa shape index (κ3) is 4.66. The summed E-state index contributed by atoms with van der Waals surface area (Å²) in [5, 5.41) is 2.87. The third-order valence-corrected chi connectivity index (χ3v) is 3.80. The number of rotatable bonds is 7. The monoisotopic (exact) mass is 356 g/mol. The lowest BCUT2D eigenvalue weighted by molar-refractivity contribution is -0.119. The molecule has 2 aromatic carbocycles. The van der Waals surface area contributed by atoms with Crippen molar-refractivity contribution in [3.8, 4) is 17.2 Å². The van der Waals surface area contributed by atoms with Gasteiger partial charge in [-0.05, 0) is 48.4 Å². The molecule has 3 N–H and O–H groups in total. The van der Waals surface area contributed by atoms with E-state index in [-0.39, 0.29) is 12.5 Å². The van der Waals surface area contributed by atoms with Gasteiger partial charge in [-0.3, -0.25) is 9.59 Å². The van der Waals surface area contributed by atoms with Crippen molar-refractivity contribution in [1.82, 2.24) is 5.32 Å². The van der Waals surface area contributed by atoms with E-state index in [1.165, 1.54) is 0 Å². The van der Waals surface area contributed by atoms with Gasteiger partial charge in [0.1, 0.15) is 19.0 Å². The van der Waals surface area contributed by atoms with Crippen LogP contribution >= 0.6 is 0 Å². The molecule has 7 nitrogen and oxygen atoms in total. The second-order valence-electron chi connectivity index (χ2n) is 5.76. The van der Waals surface area contributed by atoms with Crippen LogP contribution in [0.15, 0.2) is 42.5 Å². The van der Waals surface area contributed by atoms with Gasteiger partial charge in [0.15, 0.2) is 18.1 Å². The van der Waals surface area contributed by atoms with Gasteiger partial charge in [0.2, 0.25) is 0 Å². The van der Waals surface area contributed by atoms with Crippen molar-refractivity contribution in [3.63, 3.8) is 0 Å². The van der Waals surface area contributed by atoms with Crippen LogP contribution in [0.3, 0.4) is 0 Å². The standard InChI is InChI=1S/C19H20N2O5/c20-18(22)12-26-15-4-2-14(3-5-15)19(23)21-8-7-13-1-6-16-17(11-13)25-10-9-24-16/h1-6,11H,7-10,12H2,(H2,20,22)(H,21,23). The summed E-state index contributed by atoms with van der Waals surface area (Å²) in [4.78, 5) is 22.9. The lowest BCUT2D eigenvalue weighted by Crippen LogP contribution is -2.25. The smallest absolute Gasteiger partial charge is 0.255 e. The fourth-order valence-corrected chi connectivity index (χ4v) is 2.52. The van der Waals surface area contributed by atoms with Crippen LogP contribution in [-0.2, 0) is 11.2 Å². The number of carbonyl (C=O) groups is 2. The number of nitrogens with one attached hydrogen (secondary N) is 1. The predicted molar refractivity (Wildman–Crippen MR) is 94.6 cm³/mol. The number of carbonyl (C=O) groups excluding carboxylic acids is 2. The largest absolute Gasteiger partial charge is 0.486 e. The van der Waals surface area contributed by atoms with Crippen LogP contribution in [-0.4, -0.2) is 38.2 Å². The predicted octanol–water partition coefficient (Wildman–Crippen LogP) is 1.29. The fraction of sp³-hybridized carbons (Fsp3) is 0.263. The molecule has 1 heterocycles. The van der Waals surface area contributed by atoms with Crippen molar-refractivity contribution in [2.45, 2.75) is 6.42 Å². The van der Waals surface area contributed by atoms with Crippen molar-refractivity contribution in [3.05, 3.63) is 53.6 Å². The molecular formula is C19H20N2O5. The van der Waals surface area contributed by atoms with Crippen LogP contribution in [0.5, 0.6) is 17.2 Å². The Bertz CT molecular complexity index is 789. The molecule has 7 heteroatoms. The van der Waals surface area contributed by atoms with Gasteiger partial charge in [0, 0.05) is 12.1 Å². The highest BCUT2D eigenvalue weighted by atomic mass is 16.6. The summed E-state index contributed by atoms with van der Waals surface area (Å²) in [5.41, 5.74) is 6.59. The molecule has 0 bridgehead atoms. The van der Waals surface area contributed by atoms with E-state index in [1.807, 2.05) is 18.2 Å². The van der Waals surface area contributed by atoms with Crippen molar-refractivity contribution in [2.24, 2.45) is 5.73 Å². The van der Waals surface area contributed by atoms with E-state index in [2.05, 4.69) is 5.32 Å². The van der Waals surface area contributed by atoms with E-state index in [9.17, 15) is 9.59 Å². The Hall–Kier alpha value is -3.22. The first-order valence-corrected chi connectivity index (χ1v) is 8.30. The first-order valence-electron chi connectivity index (χ1n) is 8.30. The molecule has 0 fully saturated rings. The van der Waals surface area contributed by atoms with E-state index >= 15 is 0 Å². The number of hydrogen-bond donors (Lipinski definition) is 2. The highest BCUT2D eigenvalue weighted by Gasteiger charge is 2.12. The first-order chi connectivity index (χ1) is 12.6. The molecule has 2 aromatic rings. The van der Waals surface area contributed by atoms with Crippen LogP contribution < -0.4 is 25.3 Å². The molecule has 0 saturated carbocycles. The maximum absolute atomic E-state index is 12.2. The second-order valence-corrected chi connectivity index (χ2v) is 5.76. The number of nitrogens with two attached hydrogens (primary N) is 1. The molecule has 2 amide bonds. The highest BCUT2D eigenvalue weighted by Crippen LogP contribution is 2.30. The molecule has 0 spiro atoms. The Morgan fingerprint density at radius 2 is 1.77 bits per heavy atom. The molecule has 136 valence electrons. The summed E-state index contributed by atoms with van der Waals surface area (Å²) < 4.78 is 16.2. The number of amides is 2. The maximum Gasteiger partial charge on any atom is 0.255 e. The molecule has 26 heavy (non-hydrogen) atoms. The van der Waals surface area contributed by atoms with Crippen LogP contribution in [0.25, 0.3) is 0 Å². The first kappa shape index (κ1) is 17.6. The zero-order valence-electron chi connectivity index (χ0n) is 14.2. The van der Waals surface area contributed by atoms with Gasteiger partial charge in [-0.1, -0.05) is 6.07 Å². The Labute approximate surface area is 151 Å². The van der Waals surface area contributed by atoms with Crippen LogP contribution in [0, 0.1) is 0 Å². The molecule has 1 aliphatic rings. The second kappa shape index (κ2) is 8.24. The van der Waals surface area contributed by atoms with Gasteiger partial charge in [0.05, 0.1) is 0 Å². The summed E-state index contributed by atoms with van der Waals surface area (Å²) in [6.45, 7) is 1.42. The van der Waals surface area contributed by atoms with Crippen molar-refractivity contribution < 1.29 is 23.8 Å².